The zero-order valence-corrected chi connectivity index (χ0v) is 16.3. The second-order valence-corrected chi connectivity index (χ2v) is 7.86. The molecule has 29 heavy (non-hydrogen) atoms. The number of pyridine rings is 2. The molecule has 7 nitrogen and oxygen atoms in total. The standard InChI is InChI=1S/C22H23N5O2/c1-29-21-8-7-16(13-24-21)27-20(17-4-2-3-9-23-17)12-19(26-27)22(28)25-18-11-14-5-6-15(18)10-14/h2-4,7-9,12-15,18H,5-6,10-11H2,1H3,(H,25,28). The SMILES string of the molecule is COc1ccc(-n2nc(C(=O)NC3CC4CCC3C4)cc2-c2ccccn2)cn1. The number of fused-ring (bicyclic) bond motifs is 2. The third kappa shape index (κ3) is 3.37. The van der Waals surface area contributed by atoms with E-state index in [-0.39, 0.29) is 11.9 Å². The molecule has 3 atom stereocenters. The van der Waals surface area contributed by atoms with Crippen LogP contribution in [0.3, 0.4) is 0 Å². The van der Waals surface area contributed by atoms with Gasteiger partial charge in [0.05, 0.1) is 30.4 Å². The van der Waals surface area contributed by atoms with Crippen LogP contribution in [-0.4, -0.2) is 38.8 Å². The first kappa shape index (κ1) is 17.8. The highest BCUT2D eigenvalue weighted by Gasteiger charge is 2.40. The van der Waals surface area contributed by atoms with Crippen LogP contribution in [0.1, 0.15) is 36.2 Å². The average molecular weight is 389 g/mol. The van der Waals surface area contributed by atoms with E-state index in [4.69, 9.17) is 4.74 Å². The van der Waals surface area contributed by atoms with Gasteiger partial charge in [0.15, 0.2) is 5.69 Å². The van der Waals surface area contributed by atoms with Crippen molar-refractivity contribution in [2.45, 2.75) is 31.7 Å². The lowest BCUT2D eigenvalue weighted by Gasteiger charge is -2.22. The fourth-order valence-electron chi connectivity index (χ4n) is 4.67. The number of hydrogen-bond acceptors (Lipinski definition) is 5. The Kier molecular flexibility index (Phi) is 4.50. The molecule has 3 heterocycles. The topological polar surface area (TPSA) is 81.9 Å². The van der Waals surface area contributed by atoms with Crippen LogP contribution in [0.2, 0.25) is 0 Å². The molecule has 148 valence electrons. The Morgan fingerprint density at radius 1 is 1.17 bits per heavy atom. The second kappa shape index (κ2) is 7.31. The smallest absolute Gasteiger partial charge is 0.272 e. The van der Waals surface area contributed by atoms with Gasteiger partial charge in [-0.25, -0.2) is 9.67 Å². The third-order valence-electron chi connectivity index (χ3n) is 6.10. The van der Waals surface area contributed by atoms with Crippen LogP contribution in [0.4, 0.5) is 0 Å². The van der Waals surface area contributed by atoms with E-state index in [2.05, 4.69) is 20.4 Å². The van der Waals surface area contributed by atoms with Gasteiger partial charge in [-0.2, -0.15) is 5.10 Å². The van der Waals surface area contributed by atoms with Crippen molar-refractivity contribution in [2.24, 2.45) is 11.8 Å². The summed E-state index contributed by atoms with van der Waals surface area (Å²) in [7, 11) is 1.58. The molecule has 3 aromatic rings. The molecule has 3 aromatic heterocycles. The molecule has 2 bridgehead atoms. The number of rotatable bonds is 5. The zero-order chi connectivity index (χ0) is 19.8. The molecular formula is C22H23N5O2. The Morgan fingerprint density at radius 2 is 2.10 bits per heavy atom. The van der Waals surface area contributed by atoms with Crippen LogP contribution in [0, 0.1) is 11.8 Å². The fraction of sp³-hybridized carbons (Fsp3) is 0.364. The molecule has 2 saturated carbocycles. The Bertz CT molecular complexity index is 1020. The molecule has 0 aromatic carbocycles. The zero-order valence-electron chi connectivity index (χ0n) is 16.3. The Hall–Kier alpha value is -3.22. The van der Waals surface area contributed by atoms with Gasteiger partial charge in [-0.3, -0.25) is 9.78 Å². The molecule has 0 aliphatic heterocycles. The van der Waals surface area contributed by atoms with Crippen LogP contribution in [-0.2, 0) is 0 Å². The van der Waals surface area contributed by atoms with E-state index in [1.165, 1.54) is 19.3 Å². The first-order valence-electron chi connectivity index (χ1n) is 10.0. The summed E-state index contributed by atoms with van der Waals surface area (Å²) in [5.41, 5.74) is 2.63. The van der Waals surface area contributed by atoms with Gasteiger partial charge in [0, 0.05) is 18.3 Å². The van der Waals surface area contributed by atoms with Crippen LogP contribution < -0.4 is 10.1 Å². The Morgan fingerprint density at radius 3 is 2.76 bits per heavy atom. The maximum Gasteiger partial charge on any atom is 0.272 e. The molecule has 7 heteroatoms. The molecule has 1 amide bonds. The Labute approximate surface area is 169 Å². The van der Waals surface area contributed by atoms with E-state index >= 15 is 0 Å². The lowest BCUT2D eigenvalue weighted by atomic mass is 9.95. The monoisotopic (exact) mass is 389 g/mol. The average Bonchev–Trinajstić information content (AvgIpc) is 3.50. The highest BCUT2D eigenvalue weighted by Crippen LogP contribution is 2.44. The number of methoxy groups -OCH3 is 1. The first-order chi connectivity index (χ1) is 14.2. The number of carbonyl (C=O) groups excluding carboxylic acids is 1. The minimum absolute atomic E-state index is 0.125. The molecule has 5 rings (SSSR count). The largest absolute Gasteiger partial charge is 0.481 e. The first-order valence-corrected chi connectivity index (χ1v) is 10.0. The molecule has 0 saturated heterocycles. The number of nitrogens with one attached hydrogen (secondary N) is 1. The Balaban J connectivity index is 1.48. The lowest BCUT2D eigenvalue weighted by molar-refractivity contribution is 0.0917. The summed E-state index contributed by atoms with van der Waals surface area (Å²) in [4.78, 5) is 21.7. The summed E-state index contributed by atoms with van der Waals surface area (Å²) in [6, 6.07) is 11.4. The summed E-state index contributed by atoms with van der Waals surface area (Å²) in [5.74, 6) is 1.79. The lowest BCUT2D eigenvalue weighted by Crippen LogP contribution is -2.38. The van der Waals surface area contributed by atoms with E-state index in [1.807, 2.05) is 24.3 Å². The van der Waals surface area contributed by atoms with Gasteiger partial charge in [-0.1, -0.05) is 12.5 Å². The van der Waals surface area contributed by atoms with Crippen molar-refractivity contribution in [3.8, 4) is 23.0 Å². The summed E-state index contributed by atoms with van der Waals surface area (Å²) in [5, 5.41) is 7.82. The van der Waals surface area contributed by atoms with Crippen molar-refractivity contribution < 1.29 is 9.53 Å². The molecule has 2 aliphatic carbocycles. The maximum atomic E-state index is 13.0. The number of carbonyl (C=O) groups is 1. The van der Waals surface area contributed by atoms with Gasteiger partial charge >= 0.3 is 0 Å². The van der Waals surface area contributed by atoms with Gasteiger partial charge < -0.3 is 10.1 Å². The van der Waals surface area contributed by atoms with Crippen molar-refractivity contribution in [3.63, 3.8) is 0 Å². The minimum Gasteiger partial charge on any atom is -0.481 e. The van der Waals surface area contributed by atoms with Crippen molar-refractivity contribution in [3.05, 3.63) is 54.5 Å². The normalized spacial score (nSPS) is 22.6. The minimum atomic E-state index is -0.125. The molecule has 3 unspecified atom stereocenters. The van der Waals surface area contributed by atoms with E-state index in [0.717, 1.165) is 29.4 Å². The number of amides is 1. The van der Waals surface area contributed by atoms with Crippen molar-refractivity contribution >= 4 is 5.91 Å². The van der Waals surface area contributed by atoms with Crippen LogP contribution in [0.5, 0.6) is 5.88 Å². The van der Waals surface area contributed by atoms with Gasteiger partial charge in [0.2, 0.25) is 5.88 Å². The quantitative estimate of drug-likeness (QED) is 0.724. The summed E-state index contributed by atoms with van der Waals surface area (Å²) in [6.45, 7) is 0. The summed E-state index contributed by atoms with van der Waals surface area (Å²) < 4.78 is 6.86. The predicted molar refractivity (Wildman–Crippen MR) is 108 cm³/mol. The maximum absolute atomic E-state index is 13.0. The molecule has 1 N–H and O–H groups in total. The van der Waals surface area contributed by atoms with E-state index in [9.17, 15) is 4.79 Å². The van der Waals surface area contributed by atoms with Crippen LogP contribution in [0.15, 0.2) is 48.8 Å². The van der Waals surface area contributed by atoms with E-state index < -0.39 is 0 Å². The van der Waals surface area contributed by atoms with E-state index in [0.29, 0.717) is 17.5 Å². The molecule has 2 fully saturated rings. The molecule has 0 spiro atoms. The third-order valence-corrected chi connectivity index (χ3v) is 6.10. The van der Waals surface area contributed by atoms with Gasteiger partial charge in [0.1, 0.15) is 0 Å². The summed E-state index contributed by atoms with van der Waals surface area (Å²) >= 11 is 0. The van der Waals surface area contributed by atoms with Gasteiger partial charge in [-0.15, -0.1) is 0 Å². The molecule has 0 radical (unpaired) electrons. The number of ether oxygens (including phenoxy) is 1. The number of hydrogen-bond donors (Lipinski definition) is 1. The second-order valence-electron chi connectivity index (χ2n) is 7.86. The molecule has 2 aliphatic rings. The van der Waals surface area contributed by atoms with Crippen molar-refractivity contribution in [1.82, 2.24) is 25.1 Å². The number of aromatic nitrogens is 4. The summed E-state index contributed by atoms with van der Waals surface area (Å²) in [6.07, 6.45) is 8.27. The highest BCUT2D eigenvalue weighted by atomic mass is 16.5. The van der Waals surface area contributed by atoms with Gasteiger partial charge in [0.25, 0.3) is 5.91 Å². The van der Waals surface area contributed by atoms with Crippen molar-refractivity contribution in [2.75, 3.05) is 7.11 Å². The van der Waals surface area contributed by atoms with Crippen molar-refractivity contribution in [1.29, 1.82) is 0 Å². The van der Waals surface area contributed by atoms with Gasteiger partial charge in [-0.05, 0) is 55.4 Å². The number of nitrogens with zero attached hydrogens (tertiary/aromatic N) is 4. The molecular weight excluding hydrogens is 366 g/mol. The predicted octanol–water partition coefficient (Wildman–Crippen LogP) is 3.26. The highest BCUT2D eigenvalue weighted by molar-refractivity contribution is 5.93. The van der Waals surface area contributed by atoms with E-state index in [1.54, 1.807) is 36.3 Å². The van der Waals surface area contributed by atoms with Crippen LogP contribution >= 0.6 is 0 Å². The van der Waals surface area contributed by atoms with Crippen LogP contribution in [0.25, 0.3) is 17.1 Å². The fourth-order valence-corrected chi connectivity index (χ4v) is 4.67.